The number of likely N-dealkylation sites (tertiary alicyclic amines) is 1. The highest BCUT2D eigenvalue weighted by molar-refractivity contribution is 5.41. The average Bonchev–Trinajstić information content (AvgIpc) is 3.47. The molecular formula is C18H24N6O. The standard InChI is InChI=1S/C18H24N6O/c1-22-16(10-20-11-18(22)25)12-23-8-5-15(6-9-23)24(14-2-3-14)17-4-7-19-13-21-17/h4,7,10-11,13-15H,2-3,5-6,8-9,12H2,1H3. The van der Waals surface area contributed by atoms with E-state index < -0.39 is 0 Å². The van der Waals surface area contributed by atoms with Gasteiger partial charge in [0, 0.05) is 51.2 Å². The monoisotopic (exact) mass is 340 g/mol. The van der Waals surface area contributed by atoms with E-state index >= 15 is 0 Å². The Bertz CT molecular complexity index is 765. The fourth-order valence-electron chi connectivity index (χ4n) is 3.69. The van der Waals surface area contributed by atoms with E-state index in [9.17, 15) is 4.79 Å². The molecule has 2 aromatic rings. The number of nitrogens with zero attached hydrogens (tertiary/aromatic N) is 6. The zero-order chi connectivity index (χ0) is 17.2. The molecule has 1 saturated carbocycles. The predicted molar refractivity (Wildman–Crippen MR) is 95.3 cm³/mol. The summed E-state index contributed by atoms with van der Waals surface area (Å²) in [4.78, 5) is 29.2. The molecule has 0 N–H and O–H groups in total. The maximum atomic E-state index is 11.7. The summed E-state index contributed by atoms with van der Waals surface area (Å²) < 4.78 is 1.69. The van der Waals surface area contributed by atoms with Crippen molar-refractivity contribution in [3.05, 3.63) is 47.0 Å². The van der Waals surface area contributed by atoms with Gasteiger partial charge in [-0.15, -0.1) is 0 Å². The molecule has 0 spiro atoms. The highest BCUT2D eigenvalue weighted by Crippen LogP contribution is 2.35. The van der Waals surface area contributed by atoms with Crippen molar-refractivity contribution in [1.29, 1.82) is 0 Å². The Morgan fingerprint density at radius 2 is 1.88 bits per heavy atom. The molecule has 0 amide bonds. The number of rotatable bonds is 5. The number of piperidine rings is 1. The molecule has 7 nitrogen and oxygen atoms in total. The molecule has 25 heavy (non-hydrogen) atoms. The lowest BCUT2D eigenvalue weighted by atomic mass is 10.0. The Labute approximate surface area is 147 Å². The van der Waals surface area contributed by atoms with E-state index in [1.807, 2.05) is 19.3 Å². The zero-order valence-electron chi connectivity index (χ0n) is 14.6. The fourth-order valence-corrected chi connectivity index (χ4v) is 3.69. The van der Waals surface area contributed by atoms with Crippen molar-refractivity contribution < 1.29 is 0 Å². The van der Waals surface area contributed by atoms with Gasteiger partial charge in [0.05, 0.1) is 11.9 Å². The molecular weight excluding hydrogens is 316 g/mol. The topological polar surface area (TPSA) is 67.2 Å². The molecule has 2 fully saturated rings. The van der Waals surface area contributed by atoms with Crippen molar-refractivity contribution in [3.63, 3.8) is 0 Å². The molecule has 3 heterocycles. The quantitative estimate of drug-likeness (QED) is 0.815. The van der Waals surface area contributed by atoms with Gasteiger partial charge in [-0.1, -0.05) is 0 Å². The van der Waals surface area contributed by atoms with Crippen LogP contribution in [0.25, 0.3) is 0 Å². The third-order valence-electron chi connectivity index (χ3n) is 5.28. The lowest BCUT2D eigenvalue weighted by Gasteiger charge is -2.39. The fraction of sp³-hybridized carbons (Fsp3) is 0.556. The van der Waals surface area contributed by atoms with Crippen LogP contribution in [0.2, 0.25) is 0 Å². The highest BCUT2D eigenvalue weighted by Gasteiger charge is 2.36. The van der Waals surface area contributed by atoms with Gasteiger partial charge >= 0.3 is 0 Å². The second-order valence-electron chi connectivity index (χ2n) is 7.01. The van der Waals surface area contributed by atoms with E-state index in [-0.39, 0.29) is 5.56 Å². The van der Waals surface area contributed by atoms with Crippen molar-refractivity contribution in [2.45, 2.75) is 44.3 Å². The lowest BCUT2D eigenvalue weighted by molar-refractivity contribution is 0.196. The van der Waals surface area contributed by atoms with Gasteiger partial charge in [0.15, 0.2) is 0 Å². The SMILES string of the molecule is Cn1c(CN2CCC(N(c3ccncn3)C3CC3)CC2)cncc1=O. The maximum absolute atomic E-state index is 11.7. The number of aromatic nitrogens is 4. The summed E-state index contributed by atoms with van der Waals surface area (Å²) in [6, 6.07) is 3.21. The summed E-state index contributed by atoms with van der Waals surface area (Å²) in [5.74, 6) is 1.06. The first-order chi connectivity index (χ1) is 12.2. The van der Waals surface area contributed by atoms with Gasteiger partial charge in [0.2, 0.25) is 0 Å². The van der Waals surface area contributed by atoms with E-state index in [0.29, 0.717) is 12.1 Å². The van der Waals surface area contributed by atoms with E-state index in [4.69, 9.17) is 0 Å². The molecule has 2 aliphatic rings. The van der Waals surface area contributed by atoms with Crippen molar-refractivity contribution in [2.75, 3.05) is 18.0 Å². The predicted octanol–water partition coefficient (Wildman–Crippen LogP) is 1.20. The molecule has 1 aliphatic heterocycles. The first kappa shape index (κ1) is 16.2. The first-order valence-corrected chi connectivity index (χ1v) is 8.99. The Hall–Kier alpha value is -2.28. The first-order valence-electron chi connectivity index (χ1n) is 8.99. The van der Waals surface area contributed by atoms with Gasteiger partial charge in [-0.2, -0.15) is 0 Å². The molecule has 4 rings (SSSR count). The Morgan fingerprint density at radius 1 is 1.12 bits per heavy atom. The van der Waals surface area contributed by atoms with Crippen molar-refractivity contribution in [2.24, 2.45) is 7.05 Å². The molecule has 1 aliphatic carbocycles. The van der Waals surface area contributed by atoms with Crippen LogP contribution < -0.4 is 10.5 Å². The van der Waals surface area contributed by atoms with Crippen LogP contribution in [-0.4, -0.2) is 49.6 Å². The Morgan fingerprint density at radius 3 is 2.56 bits per heavy atom. The molecule has 0 bridgehead atoms. The van der Waals surface area contributed by atoms with E-state index in [0.717, 1.165) is 44.0 Å². The number of anilines is 1. The molecule has 132 valence electrons. The van der Waals surface area contributed by atoms with Gasteiger partial charge in [0.25, 0.3) is 5.56 Å². The molecule has 1 saturated heterocycles. The second kappa shape index (κ2) is 6.92. The van der Waals surface area contributed by atoms with Crippen LogP contribution in [0, 0.1) is 0 Å². The van der Waals surface area contributed by atoms with Crippen LogP contribution in [0.15, 0.2) is 35.8 Å². The molecule has 0 atom stereocenters. The van der Waals surface area contributed by atoms with E-state index in [2.05, 4.69) is 24.8 Å². The van der Waals surface area contributed by atoms with Gasteiger partial charge in [-0.05, 0) is 31.7 Å². The third kappa shape index (κ3) is 3.56. The minimum absolute atomic E-state index is 0.0453. The summed E-state index contributed by atoms with van der Waals surface area (Å²) in [6.07, 6.45) is 11.4. The van der Waals surface area contributed by atoms with Crippen LogP contribution in [0.5, 0.6) is 0 Å². The van der Waals surface area contributed by atoms with Crippen LogP contribution in [0.1, 0.15) is 31.4 Å². The largest absolute Gasteiger partial charge is 0.350 e. The molecule has 2 aromatic heterocycles. The van der Waals surface area contributed by atoms with Gasteiger partial charge in [0.1, 0.15) is 12.1 Å². The minimum Gasteiger partial charge on any atom is -0.350 e. The lowest BCUT2D eigenvalue weighted by Crippen LogP contribution is -2.46. The zero-order valence-corrected chi connectivity index (χ0v) is 14.6. The average molecular weight is 340 g/mol. The highest BCUT2D eigenvalue weighted by atomic mass is 16.1. The number of hydrogen-bond acceptors (Lipinski definition) is 6. The normalized spacial score (nSPS) is 19.1. The second-order valence-corrected chi connectivity index (χ2v) is 7.01. The molecule has 0 aromatic carbocycles. The van der Waals surface area contributed by atoms with Crippen molar-refractivity contribution in [3.8, 4) is 0 Å². The van der Waals surface area contributed by atoms with Gasteiger partial charge in [-0.3, -0.25) is 14.7 Å². The Balaban J connectivity index is 1.41. The molecule has 7 heteroatoms. The van der Waals surface area contributed by atoms with E-state index in [1.165, 1.54) is 19.0 Å². The summed E-state index contributed by atoms with van der Waals surface area (Å²) in [5, 5.41) is 0. The Kier molecular flexibility index (Phi) is 4.48. The van der Waals surface area contributed by atoms with Gasteiger partial charge in [-0.25, -0.2) is 9.97 Å². The summed E-state index contributed by atoms with van der Waals surface area (Å²) in [6.45, 7) is 2.84. The van der Waals surface area contributed by atoms with Gasteiger partial charge < -0.3 is 9.47 Å². The van der Waals surface area contributed by atoms with Crippen LogP contribution in [0.3, 0.4) is 0 Å². The van der Waals surface area contributed by atoms with Crippen molar-refractivity contribution in [1.82, 2.24) is 24.4 Å². The van der Waals surface area contributed by atoms with Crippen LogP contribution in [0.4, 0.5) is 5.82 Å². The summed E-state index contributed by atoms with van der Waals surface area (Å²) >= 11 is 0. The number of hydrogen-bond donors (Lipinski definition) is 0. The molecule has 0 unspecified atom stereocenters. The molecule has 0 radical (unpaired) electrons. The maximum Gasteiger partial charge on any atom is 0.268 e. The van der Waals surface area contributed by atoms with Crippen LogP contribution >= 0.6 is 0 Å². The van der Waals surface area contributed by atoms with Crippen LogP contribution in [-0.2, 0) is 13.6 Å². The summed E-state index contributed by atoms with van der Waals surface area (Å²) in [5.41, 5.74) is 0.928. The van der Waals surface area contributed by atoms with Crippen molar-refractivity contribution >= 4 is 5.82 Å². The van der Waals surface area contributed by atoms with E-state index in [1.54, 1.807) is 17.1 Å². The smallest absolute Gasteiger partial charge is 0.268 e. The minimum atomic E-state index is -0.0453. The summed E-state index contributed by atoms with van der Waals surface area (Å²) in [7, 11) is 1.82. The third-order valence-corrected chi connectivity index (χ3v) is 5.28.